The molecule has 0 unspecified atom stereocenters. The minimum Gasteiger partial charge on any atom is -0.506 e. The monoisotopic (exact) mass is 371 g/mol. The van der Waals surface area contributed by atoms with Crippen molar-refractivity contribution in [2.24, 2.45) is 0 Å². The number of halogens is 3. The van der Waals surface area contributed by atoms with Crippen LogP contribution in [0.3, 0.4) is 0 Å². The van der Waals surface area contributed by atoms with Crippen LogP contribution in [0.4, 0.5) is 14.5 Å². The van der Waals surface area contributed by atoms with Crippen LogP contribution in [0.15, 0.2) is 35.2 Å². The smallest absolute Gasteiger partial charge is 0.264 e. The van der Waals surface area contributed by atoms with Crippen LogP contribution in [0, 0.1) is 11.6 Å². The van der Waals surface area contributed by atoms with Gasteiger partial charge in [-0.05, 0) is 31.0 Å². The molecule has 1 aliphatic rings. The zero-order valence-electron chi connectivity index (χ0n) is 12.2. The van der Waals surface area contributed by atoms with Crippen LogP contribution in [-0.4, -0.2) is 13.5 Å². The van der Waals surface area contributed by atoms with Crippen LogP contribution in [-0.2, 0) is 16.4 Å². The van der Waals surface area contributed by atoms with Crippen LogP contribution in [0.5, 0.6) is 5.75 Å². The predicted molar refractivity (Wildman–Crippen MR) is 87.6 cm³/mol. The van der Waals surface area contributed by atoms with E-state index in [0.29, 0.717) is 30.0 Å². The van der Waals surface area contributed by atoms with Crippen molar-refractivity contribution in [3.8, 4) is 5.75 Å². The molecule has 0 saturated heterocycles. The Morgan fingerprint density at radius 3 is 2.67 bits per heavy atom. The van der Waals surface area contributed by atoms with E-state index in [1.54, 1.807) is 6.08 Å². The summed E-state index contributed by atoms with van der Waals surface area (Å²) in [5, 5.41) is 10.0. The first kappa shape index (κ1) is 16.7. The summed E-state index contributed by atoms with van der Waals surface area (Å²) in [5.74, 6) is -2.18. The average Bonchev–Trinajstić information content (AvgIpc) is 2.51. The number of aromatic hydroxyl groups is 1. The van der Waals surface area contributed by atoms with Gasteiger partial charge < -0.3 is 5.11 Å². The van der Waals surface area contributed by atoms with E-state index in [0.717, 1.165) is 12.1 Å². The summed E-state index contributed by atoms with van der Waals surface area (Å²) in [5.41, 5.74) is 1.10. The van der Waals surface area contributed by atoms with E-state index in [-0.39, 0.29) is 16.5 Å². The molecule has 126 valence electrons. The molecule has 2 N–H and O–H groups in total. The average molecular weight is 372 g/mol. The number of hydrogen-bond donors (Lipinski definition) is 2. The van der Waals surface area contributed by atoms with Crippen molar-refractivity contribution in [2.45, 2.75) is 17.7 Å². The lowest BCUT2D eigenvalue weighted by molar-refractivity contribution is 0.468. The van der Waals surface area contributed by atoms with Crippen LogP contribution >= 0.6 is 11.6 Å². The van der Waals surface area contributed by atoms with E-state index in [2.05, 4.69) is 4.72 Å². The number of nitrogens with one attached hydrogen (secondary N) is 1. The van der Waals surface area contributed by atoms with Gasteiger partial charge in [-0.3, -0.25) is 4.72 Å². The molecule has 1 aliphatic carbocycles. The Hall–Kier alpha value is -2.12. The Bertz CT molecular complexity index is 958. The van der Waals surface area contributed by atoms with E-state index >= 15 is 0 Å². The van der Waals surface area contributed by atoms with Gasteiger partial charge in [-0.15, -0.1) is 0 Å². The molecule has 0 spiro atoms. The molecule has 8 heteroatoms. The molecule has 0 bridgehead atoms. The first-order chi connectivity index (χ1) is 11.3. The van der Waals surface area contributed by atoms with Crippen molar-refractivity contribution in [3.05, 3.63) is 58.1 Å². The first-order valence-electron chi connectivity index (χ1n) is 6.98. The number of benzene rings is 2. The standard InChI is InChI=1S/C16H12ClF2NO3S/c17-12-8-14(10-3-1-2-4-11(10)16(12)21)20-24(22,23)15-6-5-9(18)7-13(15)19/h1,3,5-8,20-21H,2,4H2. The maximum atomic E-state index is 13.8. The second kappa shape index (κ2) is 6.07. The van der Waals surface area contributed by atoms with Crippen molar-refractivity contribution in [2.75, 3.05) is 4.72 Å². The van der Waals surface area contributed by atoms with Gasteiger partial charge in [-0.25, -0.2) is 17.2 Å². The zero-order chi connectivity index (χ0) is 17.5. The molecule has 24 heavy (non-hydrogen) atoms. The lowest BCUT2D eigenvalue weighted by atomic mass is 9.95. The van der Waals surface area contributed by atoms with Gasteiger partial charge in [0.1, 0.15) is 22.3 Å². The fraction of sp³-hybridized carbons (Fsp3) is 0.125. The van der Waals surface area contributed by atoms with Crippen LogP contribution < -0.4 is 4.72 Å². The van der Waals surface area contributed by atoms with E-state index in [1.165, 1.54) is 6.07 Å². The predicted octanol–water partition coefficient (Wildman–Crippen LogP) is 4.08. The van der Waals surface area contributed by atoms with Gasteiger partial charge in [0.05, 0.1) is 10.7 Å². The highest BCUT2D eigenvalue weighted by atomic mass is 35.5. The highest BCUT2D eigenvalue weighted by Gasteiger charge is 2.24. The van der Waals surface area contributed by atoms with Gasteiger partial charge in [0.15, 0.2) is 0 Å². The summed E-state index contributed by atoms with van der Waals surface area (Å²) in [7, 11) is -4.29. The first-order valence-corrected chi connectivity index (χ1v) is 8.84. The quantitative estimate of drug-likeness (QED) is 0.799. The molecule has 0 radical (unpaired) electrons. The van der Waals surface area contributed by atoms with Gasteiger partial charge in [0.2, 0.25) is 0 Å². The van der Waals surface area contributed by atoms with Crippen molar-refractivity contribution < 1.29 is 22.3 Å². The Morgan fingerprint density at radius 1 is 1.21 bits per heavy atom. The SMILES string of the molecule is O=S(=O)(Nc1cc(Cl)c(O)c2c1C=CCC2)c1ccc(F)cc1F. The van der Waals surface area contributed by atoms with Crippen molar-refractivity contribution in [3.63, 3.8) is 0 Å². The number of rotatable bonds is 3. The molecule has 4 nitrogen and oxygen atoms in total. The minimum absolute atomic E-state index is 0.0127. The third-order valence-corrected chi connectivity index (χ3v) is 5.36. The zero-order valence-corrected chi connectivity index (χ0v) is 13.8. The van der Waals surface area contributed by atoms with Crippen LogP contribution in [0.2, 0.25) is 5.02 Å². The van der Waals surface area contributed by atoms with Crippen LogP contribution in [0.25, 0.3) is 6.08 Å². The molecular weight excluding hydrogens is 360 g/mol. The highest BCUT2D eigenvalue weighted by molar-refractivity contribution is 7.92. The van der Waals surface area contributed by atoms with E-state index in [4.69, 9.17) is 11.6 Å². The molecule has 0 saturated carbocycles. The highest BCUT2D eigenvalue weighted by Crippen LogP contribution is 2.39. The van der Waals surface area contributed by atoms with Crippen LogP contribution in [0.1, 0.15) is 17.5 Å². The molecule has 0 atom stereocenters. The molecule has 2 aromatic carbocycles. The molecule has 0 aromatic heterocycles. The lowest BCUT2D eigenvalue weighted by Crippen LogP contribution is -2.16. The molecule has 0 heterocycles. The number of allylic oxidation sites excluding steroid dienone is 1. The lowest BCUT2D eigenvalue weighted by Gasteiger charge is -2.19. The Morgan fingerprint density at radius 2 is 1.96 bits per heavy atom. The van der Waals surface area contributed by atoms with Gasteiger partial charge in [-0.2, -0.15) is 0 Å². The third-order valence-electron chi connectivity index (χ3n) is 3.67. The maximum absolute atomic E-state index is 13.8. The van der Waals surface area contributed by atoms with Crippen molar-refractivity contribution >= 4 is 33.4 Å². The van der Waals surface area contributed by atoms with Gasteiger partial charge in [0, 0.05) is 17.2 Å². The Balaban J connectivity index is 2.08. The normalized spacial score (nSPS) is 13.6. The van der Waals surface area contributed by atoms with E-state index in [1.807, 2.05) is 6.08 Å². The summed E-state index contributed by atoms with van der Waals surface area (Å²) in [4.78, 5) is -0.679. The minimum atomic E-state index is -4.29. The number of anilines is 1. The number of phenols is 1. The summed E-state index contributed by atoms with van der Waals surface area (Å²) < 4.78 is 53.8. The molecule has 3 rings (SSSR count). The third kappa shape index (κ3) is 2.97. The summed E-state index contributed by atoms with van der Waals surface area (Å²) in [6.45, 7) is 0. The Labute approximate surface area is 142 Å². The molecule has 0 amide bonds. The molecule has 2 aromatic rings. The van der Waals surface area contributed by atoms with Gasteiger partial charge in [-0.1, -0.05) is 23.8 Å². The fourth-order valence-electron chi connectivity index (χ4n) is 2.56. The number of hydrogen-bond acceptors (Lipinski definition) is 3. The topological polar surface area (TPSA) is 66.4 Å². The number of fused-ring (bicyclic) bond motifs is 1. The fourth-order valence-corrected chi connectivity index (χ4v) is 3.91. The largest absolute Gasteiger partial charge is 0.506 e. The summed E-state index contributed by atoms with van der Waals surface area (Å²) in [6, 6.07) is 3.45. The van der Waals surface area contributed by atoms with Gasteiger partial charge >= 0.3 is 0 Å². The van der Waals surface area contributed by atoms with Crippen molar-refractivity contribution in [1.82, 2.24) is 0 Å². The van der Waals surface area contributed by atoms with Gasteiger partial charge in [0.25, 0.3) is 10.0 Å². The van der Waals surface area contributed by atoms with E-state index < -0.39 is 26.6 Å². The van der Waals surface area contributed by atoms with Crippen molar-refractivity contribution in [1.29, 1.82) is 0 Å². The second-order valence-corrected chi connectivity index (χ2v) is 7.33. The number of sulfonamides is 1. The molecule has 0 aliphatic heterocycles. The summed E-state index contributed by atoms with van der Waals surface area (Å²) in [6.07, 6.45) is 4.66. The molecular formula is C16H12ClF2NO3S. The second-order valence-electron chi connectivity index (χ2n) is 5.27. The van der Waals surface area contributed by atoms with E-state index in [9.17, 15) is 22.3 Å². The maximum Gasteiger partial charge on any atom is 0.264 e. The number of phenolic OH excluding ortho intramolecular Hbond substituents is 1. The summed E-state index contributed by atoms with van der Waals surface area (Å²) >= 11 is 5.95. The Kier molecular flexibility index (Phi) is 4.23. The molecule has 0 fully saturated rings.